The molecule has 0 fully saturated rings. The molecule has 13 heteroatoms. The molecule has 0 aromatic rings. The molecule has 0 aromatic heterocycles. The van der Waals surface area contributed by atoms with Crippen LogP contribution in [0.1, 0.15) is 154 Å². The molecular weight excluding hydrogens is 779 g/mol. The summed E-state index contributed by atoms with van der Waals surface area (Å²) in [5, 5.41) is 9.85. The van der Waals surface area contributed by atoms with Crippen LogP contribution in [-0.2, 0) is 47.6 Å². The summed E-state index contributed by atoms with van der Waals surface area (Å²) in [4.78, 5) is 46.1. The summed E-state index contributed by atoms with van der Waals surface area (Å²) in [5.74, 6) is 1.64. The second-order valence-corrected chi connectivity index (χ2v) is 17.4. The lowest BCUT2D eigenvalue weighted by Crippen LogP contribution is -2.27. The zero-order chi connectivity index (χ0) is 46.5. The molecule has 0 saturated carbocycles. The summed E-state index contributed by atoms with van der Waals surface area (Å²) in [6.07, 6.45) is 7.32. The molecule has 0 bridgehead atoms. The lowest BCUT2D eigenvalue weighted by atomic mass is 10.0. The lowest BCUT2D eigenvalue weighted by molar-refractivity contribution is -0.126. The maximum Gasteiger partial charge on any atom is 0.135 e. The van der Waals surface area contributed by atoms with Crippen LogP contribution >= 0.6 is 0 Å². The van der Waals surface area contributed by atoms with E-state index in [4.69, 9.17) is 28.4 Å². The van der Waals surface area contributed by atoms with Gasteiger partial charge in [-0.1, -0.05) is 83.1 Å². The highest BCUT2D eigenvalue weighted by atomic mass is 16.5. The molecule has 0 aliphatic carbocycles. The van der Waals surface area contributed by atoms with Crippen LogP contribution in [0.5, 0.6) is 0 Å². The van der Waals surface area contributed by atoms with E-state index in [0.29, 0.717) is 129 Å². The van der Waals surface area contributed by atoms with Crippen LogP contribution in [0.4, 0.5) is 0 Å². The highest BCUT2D eigenvalue weighted by molar-refractivity contribution is 5.86. The fourth-order valence-electron chi connectivity index (χ4n) is 5.11. The zero-order valence-corrected chi connectivity index (χ0v) is 41.4. The van der Waals surface area contributed by atoms with Crippen LogP contribution in [-0.4, -0.2) is 140 Å². The Bertz CT molecular complexity index is 977. The molecule has 0 aliphatic rings. The van der Waals surface area contributed by atoms with Crippen molar-refractivity contribution in [2.24, 2.45) is 17.8 Å². The van der Waals surface area contributed by atoms with Gasteiger partial charge in [0.1, 0.15) is 23.1 Å². The van der Waals surface area contributed by atoms with Crippen LogP contribution in [0, 0.1) is 17.8 Å². The fraction of sp³-hybridized carbons (Fsp3) is 0.917. The standard InChI is InChI=1S/C18H35NO4.C17H33NO4.C13H29NO2/c1-15(2)18(21)9-5-7-17(20)8-6-11-22-13-14-23-12-10-19-16(3)4;1-14(2)17(20)8-7-16(19)6-5-10-21-12-13-22-11-9-18-15(3)4;1-12(2)6-5-8-15-10-11-16-9-7-14-13(3)4/h15-16,19H,5-14H2,1-4H3;14-15,18H,5-13H2,1-4H3;12-14H,5-11H2,1-4H3. The molecule has 13 nitrogen and oxygen atoms in total. The van der Waals surface area contributed by atoms with E-state index < -0.39 is 0 Å². The van der Waals surface area contributed by atoms with E-state index in [2.05, 4.69) is 71.3 Å². The van der Waals surface area contributed by atoms with Gasteiger partial charge < -0.3 is 44.4 Å². The van der Waals surface area contributed by atoms with E-state index in [1.54, 1.807) is 0 Å². The molecule has 0 saturated heterocycles. The van der Waals surface area contributed by atoms with Gasteiger partial charge in [0, 0.05) is 108 Å². The van der Waals surface area contributed by atoms with Gasteiger partial charge in [-0.15, -0.1) is 0 Å². The van der Waals surface area contributed by atoms with Gasteiger partial charge in [-0.25, -0.2) is 0 Å². The Kier molecular flexibility index (Phi) is 49.8. The minimum absolute atomic E-state index is 0.0203. The topological polar surface area (TPSA) is 160 Å². The number of ketones is 4. The van der Waals surface area contributed by atoms with Crippen LogP contribution in [0.2, 0.25) is 0 Å². The minimum atomic E-state index is 0.0203. The molecule has 0 aromatic carbocycles. The number of ether oxygens (including phenoxy) is 6. The Morgan fingerprint density at radius 3 is 1.00 bits per heavy atom. The Labute approximate surface area is 374 Å². The Balaban J connectivity index is -0.000000841. The normalized spacial score (nSPS) is 11.4. The molecule has 364 valence electrons. The number of hydrogen-bond donors (Lipinski definition) is 3. The largest absolute Gasteiger partial charge is 0.379 e. The maximum atomic E-state index is 11.7. The Hall–Kier alpha value is -1.68. The highest BCUT2D eigenvalue weighted by Crippen LogP contribution is 2.08. The van der Waals surface area contributed by atoms with Crippen molar-refractivity contribution >= 4 is 23.1 Å². The quantitative estimate of drug-likeness (QED) is 0.0516. The van der Waals surface area contributed by atoms with Crippen molar-refractivity contribution in [2.45, 2.75) is 172 Å². The maximum absolute atomic E-state index is 11.7. The van der Waals surface area contributed by atoms with Gasteiger partial charge in [-0.3, -0.25) is 19.2 Å². The third-order valence-corrected chi connectivity index (χ3v) is 8.89. The third-order valence-electron chi connectivity index (χ3n) is 8.89. The molecule has 3 N–H and O–H groups in total. The minimum Gasteiger partial charge on any atom is -0.379 e. The summed E-state index contributed by atoms with van der Waals surface area (Å²) in [7, 11) is 0. The van der Waals surface area contributed by atoms with E-state index in [9.17, 15) is 19.2 Å². The first-order chi connectivity index (χ1) is 29.0. The van der Waals surface area contributed by atoms with Gasteiger partial charge in [0.05, 0.1) is 59.5 Å². The van der Waals surface area contributed by atoms with Crippen molar-refractivity contribution in [2.75, 3.05) is 98.9 Å². The second kappa shape index (κ2) is 47.8. The van der Waals surface area contributed by atoms with E-state index in [-0.39, 0.29) is 35.0 Å². The Morgan fingerprint density at radius 2 is 0.656 bits per heavy atom. The number of hydrogen-bond acceptors (Lipinski definition) is 13. The molecule has 0 aliphatic heterocycles. The van der Waals surface area contributed by atoms with Crippen molar-refractivity contribution in [1.29, 1.82) is 0 Å². The molecule has 0 rings (SSSR count). The fourth-order valence-corrected chi connectivity index (χ4v) is 5.11. The first-order valence-electron chi connectivity index (χ1n) is 23.7. The van der Waals surface area contributed by atoms with Crippen LogP contribution in [0.3, 0.4) is 0 Å². The smallest absolute Gasteiger partial charge is 0.135 e. The summed E-state index contributed by atoms with van der Waals surface area (Å²) >= 11 is 0. The van der Waals surface area contributed by atoms with Gasteiger partial charge in [-0.2, -0.15) is 0 Å². The number of Topliss-reactive ketones (excluding diaryl/α,β-unsaturated/α-hetero) is 4. The molecule has 0 radical (unpaired) electrons. The van der Waals surface area contributed by atoms with Gasteiger partial charge in [-0.05, 0) is 38.0 Å². The molecule has 0 atom stereocenters. The van der Waals surface area contributed by atoms with Crippen molar-refractivity contribution < 1.29 is 47.6 Å². The SMILES string of the molecule is CC(C)CCCOCCOCCNC(C)C.CC(C)NCCOCCOCCCC(=O)CCC(=O)C(C)C.CC(C)NCCOCCOCCCC(=O)CCCC(=O)C(C)C. The van der Waals surface area contributed by atoms with Crippen molar-refractivity contribution in [3.05, 3.63) is 0 Å². The van der Waals surface area contributed by atoms with Crippen molar-refractivity contribution in [3.8, 4) is 0 Å². The van der Waals surface area contributed by atoms with Crippen LogP contribution < -0.4 is 16.0 Å². The van der Waals surface area contributed by atoms with Gasteiger partial charge >= 0.3 is 0 Å². The number of nitrogens with one attached hydrogen (secondary N) is 3. The average molecular weight is 876 g/mol. The first kappa shape index (κ1) is 63.6. The van der Waals surface area contributed by atoms with E-state index in [0.717, 1.165) is 58.2 Å². The molecule has 0 unspecified atom stereocenters. The van der Waals surface area contributed by atoms with E-state index in [1.807, 2.05) is 27.7 Å². The summed E-state index contributed by atoms with van der Waals surface area (Å²) < 4.78 is 32.6. The molecule has 0 heterocycles. The number of rotatable bonds is 42. The summed E-state index contributed by atoms with van der Waals surface area (Å²) in [6, 6.07) is 1.50. The number of carbonyl (C=O) groups excluding carboxylic acids is 4. The predicted molar refractivity (Wildman–Crippen MR) is 250 cm³/mol. The third kappa shape index (κ3) is 58.3. The average Bonchev–Trinajstić information content (AvgIpc) is 3.18. The number of carbonyl (C=O) groups is 4. The summed E-state index contributed by atoms with van der Waals surface area (Å²) in [6.45, 7) is 35.2. The van der Waals surface area contributed by atoms with Gasteiger partial charge in [0.15, 0.2) is 0 Å². The van der Waals surface area contributed by atoms with Crippen LogP contribution in [0.25, 0.3) is 0 Å². The van der Waals surface area contributed by atoms with Crippen molar-refractivity contribution in [3.63, 3.8) is 0 Å². The van der Waals surface area contributed by atoms with Crippen LogP contribution in [0.15, 0.2) is 0 Å². The summed E-state index contributed by atoms with van der Waals surface area (Å²) in [5.41, 5.74) is 0. The molecule has 0 spiro atoms. The Morgan fingerprint density at radius 1 is 0.344 bits per heavy atom. The van der Waals surface area contributed by atoms with E-state index >= 15 is 0 Å². The van der Waals surface area contributed by atoms with E-state index in [1.165, 1.54) is 6.42 Å². The first-order valence-corrected chi connectivity index (χ1v) is 23.7. The predicted octanol–water partition coefficient (Wildman–Crippen LogP) is 7.59. The van der Waals surface area contributed by atoms with Crippen molar-refractivity contribution in [1.82, 2.24) is 16.0 Å². The van der Waals surface area contributed by atoms with Gasteiger partial charge in [0.25, 0.3) is 0 Å². The molecular formula is C48H97N3O10. The lowest BCUT2D eigenvalue weighted by Gasteiger charge is -2.09. The highest BCUT2D eigenvalue weighted by Gasteiger charge is 2.11. The second-order valence-electron chi connectivity index (χ2n) is 17.4. The molecule has 0 amide bonds. The zero-order valence-electron chi connectivity index (χ0n) is 41.4. The monoisotopic (exact) mass is 876 g/mol. The van der Waals surface area contributed by atoms with Gasteiger partial charge in [0.2, 0.25) is 0 Å². The molecule has 61 heavy (non-hydrogen) atoms.